The summed E-state index contributed by atoms with van der Waals surface area (Å²) in [7, 11) is 0. The minimum absolute atomic E-state index is 0.161. The number of alkyl halides is 1. The number of halogens is 3. The number of anilines is 1. The Bertz CT molecular complexity index is 801. The van der Waals surface area contributed by atoms with Crippen molar-refractivity contribution in [2.45, 2.75) is 12.1 Å². The highest BCUT2D eigenvalue weighted by Gasteiger charge is 2.42. The first-order chi connectivity index (χ1) is 11.9. The molecule has 1 amide bonds. The molecule has 0 bridgehead atoms. The summed E-state index contributed by atoms with van der Waals surface area (Å²) in [6.07, 6.45) is -2.26. The maximum absolute atomic E-state index is 14.5. The zero-order valence-corrected chi connectivity index (χ0v) is 14.7. The second-order valence-corrected chi connectivity index (χ2v) is 6.07. The van der Waals surface area contributed by atoms with Crippen molar-refractivity contribution in [3.63, 3.8) is 0 Å². The Labute approximate surface area is 155 Å². The molecule has 0 heterocycles. The van der Waals surface area contributed by atoms with E-state index in [1.165, 1.54) is 24.3 Å². The summed E-state index contributed by atoms with van der Waals surface area (Å²) >= 11 is 1.88. The number of aliphatic hydroxyl groups excluding tert-OH is 1. The van der Waals surface area contributed by atoms with Crippen molar-refractivity contribution in [1.29, 1.82) is 5.26 Å². The Morgan fingerprint density at radius 2 is 2.00 bits per heavy atom. The SMILES string of the molecule is N#CC(F)(ONC(=O)c1ccccc1)C(O)Nc1ccc(I)cc1F. The van der Waals surface area contributed by atoms with Crippen molar-refractivity contribution in [1.82, 2.24) is 5.48 Å². The van der Waals surface area contributed by atoms with E-state index in [-0.39, 0.29) is 11.3 Å². The van der Waals surface area contributed by atoms with Crippen molar-refractivity contribution in [3.8, 4) is 6.07 Å². The zero-order valence-electron chi connectivity index (χ0n) is 12.5. The van der Waals surface area contributed by atoms with Crippen molar-refractivity contribution in [2.75, 3.05) is 5.32 Å². The first-order valence-corrected chi connectivity index (χ1v) is 7.97. The van der Waals surface area contributed by atoms with Gasteiger partial charge in [0.2, 0.25) is 6.23 Å². The summed E-state index contributed by atoms with van der Waals surface area (Å²) in [5.74, 6) is -4.91. The fourth-order valence-electron chi connectivity index (χ4n) is 1.76. The molecule has 2 aromatic rings. The van der Waals surface area contributed by atoms with Gasteiger partial charge in [-0.15, -0.1) is 0 Å². The molecule has 9 heteroatoms. The Hall–Kier alpha value is -2.29. The van der Waals surface area contributed by atoms with Crippen LogP contribution in [0.25, 0.3) is 0 Å². The van der Waals surface area contributed by atoms with Gasteiger partial charge in [-0.3, -0.25) is 4.79 Å². The lowest BCUT2D eigenvalue weighted by atomic mass is 10.2. The fraction of sp³-hybridized carbons (Fsp3) is 0.125. The summed E-state index contributed by atoms with van der Waals surface area (Å²) in [5.41, 5.74) is 1.68. The van der Waals surface area contributed by atoms with Crippen LogP contribution in [-0.4, -0.2) is 23.1 Å². The highest BCUT2D eigenvalue weighted by molar-refractivity contribution is 14.1. The molecule has 0 aliphatic heterocycles. The average molecular weight is 459 g/mol. The number of aliphatic hydroxyl groups is 1. The lowest BCUT2D eigenvalue weighted by molar-refractivity contribution is -0.187. The van der Waals surface area contributed by atoms with Crippen LogP contribution in [0.5, 0.6) is 0 Å². The van der Waals surface area contributed by atoms with Crippen LogP contribution in [0.1, 0.15) is 10.4 Å². The number of hydrogen-bond donors (Lipinski definition) is 3. The predicted octanol–water partition coefficient (Wildman–Crippen LogP) is 2.71. The maximum Gasteiger partial charge on any atom is 0.361 e. The van der Waals surface area contributed by atoms with Crippen LogP contribution in [0, 0.1) is 20.7 Å². The molecule has 0 radical (unpaired) electrons. The molecule has 25 heavy (non-hydrogen) atoms. The van der Waals surface area contributed by atoms with Crippen LogP contribution in [0.2, 0.25) is 0 Å². The molecular formula is C16H12F2IN3O3. The van der Waals surface area contributed by atoms with E-state index < -0.39 is 23.8 Å². The second-order valence-electron chi connectivity index (χ2n) is 4.83. The third-order valence-electron chi connectivity index (χ3n) is 3.06. The summed E-state index contributed by atoms with van der Waals surface area (Å²) in [4.78, 5) is 16.2. The highest BCUT2D eigenvalue weighted by atomic mass is 127. The third kappa shape index (κ3) is 4.85. The Morgan fingerprint density at radius 3 is 2.60 bits per heavy atom. The van der Waals surface area contributed by atoms with Crippen LogP contribution < -0.4 is 10.8 Å². The second kappa shape index (κ2) is 8.19. The number of amides is 1. The molecule has 2 atom stereocenters. The Balaban J connectivity index is 2.05. The van der Waals surface area contributed by atoms with Crippen molar-refractivity contribution >= 4 is 34.2 Å². The van der Waals surface area contributed by atoms with Gasteiger partial charge in [0.05, 0.1) is 5.69 Å². The fourth-order valence-corrected chi connectivity index (χ4v) is 2.21. The molecule has 2 unspecified atom stereocenters. The van der Waals surface area contributed by atoms with E-state index in [0.29, 0.717) is 3.57 Å². The first kappa shape index (κ1) is 19.0. The number of nitrogens with zero attached hydrogens (tertiary/aromatic N) is 1. The van der Waals surface area contributed by atoms with E-state index >= 15 is 0 Å². The van der Waals surface area contributed by atoms with E-state index in [1.807, 2.05) is 22.6 Å². The smallest absolute Gasteiger partial charge is 0.361 e. The molecular weight excluding hydrogens is 447 g/mol. The van der Waals surface area contributed by atoms with Crippen LogP contribution in [0.15, 0.2) is 48.5 Å². The highest BCUT2D eigenvalue weighted by Crippen LogP contribution is 2.22. The molecule has 0 saturated carbocycles. The molecule has 0 spiro atoms. The molecule has 0 fully saturated rings. The summed E-state index contributed by atoms with van der Waals surface area (Å²) in [5, 5.41) is 20.9. The Kier molecular flexibility index (Phi) is 6.24. The number of hydroxylamine groups is 1. The van der Waals surface area contributed by atoms with Crippen molar-refractivity contribution < 1.29 is 23.5 Å². The quantitative estimate of drug-likeness (QED) is 0.351. The number of carbonyl (C=O) groups is 1. The van der Waals surface area contributed by atoms with Gasteiger partial charge in [-0.1, -0.05) is 18.2 Å². The van der Waals surface area contributed by atoms with E-state index in [9.17, 15) is 18.7 Å². The molecule has 0 aliphatic carbocycles. The lowest BCUT2D eigenvalue weighted by Crippen LogP contribution is -2.48. The normalized spacial score (nSPS) is 14.0. The number of carbonyl (C=O) groups excluding carboxylic acids is 1. The largest absolute Gasteiger partial charge is 0.368 e. The predicted molar refractivity (Wildman–Crippen MR) is 93.2 cm³/mol. The average Bonchev–Trinajstić information content (AvgIpc) is 2.62. The molecule has 130 valence electrons. The van der Waals surface area contributed by atoms with Gasteiger partial charge in [-0.2, -0.15) is 9.65 Å². The first-order valence-electron chi connectivity index (χ1n) is 6.89. The third-order valence-corrected chi connectivity index (χ3v) is 3.73. The number of nitriles is 1. The van der Waals surface area contributed by atoms with E-state index in [4.69, 9.17) is 5.26 Å². The van der Waals surface area contributed by atoms with Gasteiger partial charge < -0.3 is 10.4 Å². The van der Waals surface area contributed by atoms with Gasteiger partial charge in [0.15, 0.2) is 0 Å². The summed E-state index contributed by atoms with van der Waals surface area (Å²) in [6, 6.07) is 12.8. The molecule has 2 aromatic carbocycles. The standard InChI is InChI=1S/C16H12F2IN3O3/c17-12-8-11(19)6-7-13(12)21-15(24)16(18,9-20)25-22-14(23)10-4-2-1-3-5-10/h1-8,15,21,24H,(H,22,23). The topological polar surface area (TPSA) is 94.4 Å². The number of rotatable bonds is 6. The minimum atomic E-state index is -3.35. The van der Waals surface area contributed by atoms with Gasteiger partial charge >= 0.3 is 5.85 Å². The van der Waals surface area contributed by atoms with Gasteiger partial charge in [0, 0.05) is 9.13 Å². The van der Waals surface area contributed by atoms with Crippen molar-refractivity contribution in [3.05, 3.63) is 63.5 Å². The molecule has 3 N–H and O–H groups in total. The number of benzene rings is 2. The summed E-state index contributed by atoms with van der Waals surface area (Å²) in [6.45, 7) is 0. The van der Waals surface area contributed by atoms with Gasteiger partial charge in [-0.05, 0) is 52.9 Å². The lowest BCUT2D eigenvalue weighted by Gasteiger charge is -2.24. The Morgan fingerprint density at radius 1 is 1.32 bits per heavy atom. The van der Waals surface area contributed by atoms with Crippen molar-refractivity contribution in [2.24, 2.45) is 0 Å². The molecule has 2 rings (SSSR count). The maximum atomic E-state index is 14.5. The zero-order chi connectivity index (χ0) is 18.4. The molecule has 6 nitrogen and oxygen atoms in total. The monoisotopic (exact) mass is 459 g/mol. The molecule has 0 aliphatic rings. The molecule has 0 saturated heterocycles. The van der Waals surface area contributed by atoms with Gasteiger partial charge in [0.1, 0.15) is 11.9 Å². The van der Waals surface area contributed by atoms with Crippen LogP contribution in [-0.2, 0) is 4.84 Å². The number of hydrogen-bond acceptors (Lipinski definition) is 5. The van der Waals surface area contributed by atoms with Crippen LogP contribution >= 0.6 is 22.6 Å². The van der Waals surface area contributed by atoms with Crippen LogP contribution in [0.3, 0.4) is 0 Å². The van der Waals surface area contributed by atoms with Gasteiger partial charge in [0.25, 0.3) is 5.91 Å². The number of nitrogens with one attached hydrogen (secondary N) is 2. The van der Waals surface area contributed by atoms with E-state index in [0.717, 1.165) is 12.1 Å². The summed E-state index contributed by atoms with van der Waals surface area (Å²) < 4.78 is 28.8. The molecule has 0 aromatic heterocycles. The van der Waals surface area contributed by atoms with Gasteiger partial charge in [-0.25, -0.2) is 14.7 Å². The minimum Gasteiger partial charge on any atom is -0.368 e. The van der Waals surface area contributed by atoms with Crippen LogP contribution in [0.4, 0.5) is 14.5 Å². The van der Waals surface area contributed by atoms with E-state index in [2.05, 4.69) is 10.2 Å². The van der Waals surface area contributed by atoms with E-state index in [1.54, 1.807) is 23.7 Å².